The van der Waals surface area contributed by atoms with Crippen LogP contribution in [-0.2, 0) is 6.42 Å². The monoisotopic (exact) mass is 453 g/mol. The number of hydrogen-bond acceptors (Lipinski definition) is 6. The van der Waals surface area contributed by atoms with Crippen molar-refractivity contribution in [2.24, 2.45) is 0 Å². The number of thiophene rings is 2. The van der Waals surface area contributed by atoms with E-state index in [2.05, 4.69) is 33.1 Å². The minimum absolute atomic E-state index is 0.158. The van der Waals surface area contributed by atoms with E-state index >= 15 is 0 Å². The Kier molecular flexibility index (Phi) is 6.37. The van der Waals surface area contributed by atoms with E-state index in [0.717, 1.165) is 22.0 Å². The highest BCUT2D eigenvalue weighted by atomic mass is 32.1. The number of amides is 2. The Morgan fingerprint density at radius 2 is 1.93 bits per heavy atom. The van der Waals surface area contributed by atoms with Gasteiger partial charge in [0.15, 0.2) is 0 Å². The van der Waals surface area contributed by atoms with Gasteiger partial charge in [-0.25, -0.2) is 4.98 Å². The Labute approximate surface area is 186 Å². The van der Waals surface area contributed by atoms with Gasteiger partial charge in [0.2, 0.25) is 0 Å². The van der Waals surface area contributed by atoms with Crippen molar-refractivity contribution < 1.29 is 9.59 Å². The molecular formula is C22H19N3O2S3. The molecule has 8 heteroatoms. The van der Waals surface area contributed by atoms with Gasteiger partial charge in [-0.2, -0.15) is 0 Å². The lowest BCUT2D eigenvalue weighted by Gasteiger charge is -2.07. The maximum Gasteiger partial charge on any atom is 0.265 e. The molecule has 0 aliphatic rings. The Balaban J connectivity index is 1.31. The van der Waals surface area contributed by atoms with Crippen molar-refractivity contribution in [3.8, 4) is 10.6 Å². The van der Waals surface area contributed by atoms with Crippen LogP contribution < -0.4 is 10.6 Å². The molecule has 30 heavy (non-hydrogen) atoms. The number of benzene rings is 1. The van der Waals surface area contributed by atoms with Gasteiger partial charge in [0.1, 0.15) is 0 Å². The predicted octanol–water partition coefficient (Wildman–Crippen LogP) is 5.47. The lowest BCUT2D eigenvalue weighted by atomic mass is 10.2. The van der Waals surface area contributed by atoms with Gasteiger partial charge in [0, 0.05) is 28.1 Å². The van der Waals surface area contributed by atoms with Gasteiger partial charge in [-0.1, -0.05) is 12.1 Å². The van der Waals surface area contributed by atoms with E-state index in [1.807, 2.05) is 18.4 Å². The number of thiazole rings is 1. The predicted molar refractivity (Wildman–Crippen MR) is 125 cm³/mol. The summed E-state index contributed by atoms with van der Waals surface area (Å²) in [6.07, 6.45) is 0.758. The summed E-state index contributed by atoms with van der Waals surface area (Å²) in [7, 11) is 0. The number of aryl methyl sites for hydroxylation is 1. The van der Waals surface area contributed by atoms with E-state index in [0.29, 0.717) is 22.7 Å². The molecule has 4 rings (SSSR count). The van der Waals surface area contributed by atoms with E-state index in [-0.39, 0.29) is 11.8 Å². The van der Waals surface area contributed by atoms with Gasteiger partial charge in [-0.15, -0.1) is 34.0 Å². The van der Waals surface area contributed by atoms with Crippen molar-refractivity contribution in [3.05, 3.63) is 79.6 Å². The summed E-state index contributed by atoms with van der Waals surface area (Å²) < 4.78 is 0. The average Bonchev–Trinajstić information content (AvgIpc) is 3.50. The first-order chi connectivity index (χ1) is 14.6. The van der Waals surface area contributed by atoms with Crippen molar-refractivity contribution in [2.75, 3.05) is 11.9 Å². The zero-order chi connectivity index (χ0) is 20.9. The number of nitrogens with zero attached hydrogens (tertiary/aromatic N) is 1. The average molecular weight is 454 g/mol. The van der Waals surface area contributed by atoms with E-state index in [9.17, 15) is 9.59 Å². The lowest BCUT2D eigenvalue weighted by molar-refractivity contribution is 0.0952. The molecule has 2 N–H and O–H groups in total. The van der Waals surface area contributed by atoms with Crippen LogP contribution in [0.1, 0.15) is 29.9 Å². The molecule has 0 fully saturated rings. The summed E-state index contributed by atoms with van der Waals surface area (Å²) in [6.45, 7) is 2.54. The molecular weight excluding hydrogens is 434 g/mol. The summed E-state index contributed by atoms with van der Waals surface area (Å²) in [5.74, 6) is -0.333. The molecule has 0 unspecified atom stereocenters. The molecule has 0 aliphatic heterocycles. The van der Waals surface area contributed by atoms with Crippen LogP contribution in [-0.4, -0.2) is 23.3 Å². The molecule has 0 spiro atoms. The van der Waals surface area contributed by atoms with Crippen LogP contribution in [0.4, 0.5) is 5.69 Å². The van der Waals surface area contributed by atoms with Crippen LogP contribution in [0.15, 0.2) is 59.3 Å². The molecule has 0 aliphatic carbocycles. The molecule has 4 aromatic rings. The second kappa shape index (κ2) is 9.34. The first kappa shape index (κ1) is 20.5. The van der Waals surface area contributed by atoms with Gasteiger partial charge < -0.3 is 10.6 Å². The normalized spacial score (nSPS) is 10.7. The second-order valence-electron chi connectivity index (χ2n) is 6.54. The smallest absolute Gasteiger partial charge is 0.265 e. The molecule has 3 heterocycles. The maximum atomic E-state index is 12.5. The lowest BCUT2D eigenvalue weighted by Crippen LogP contribution is -2.25. The highest BCUT2D eigenvalue weighted by molar-refractivity contribution is 7.16. The highest BCUT2D eigenvalue weighted by Crippen LogP contribution is 2.29. The summed E-state index contributed by atoms with van der Waals surface area (Å²) in [6, 6.07) is 14.7. The third-order valence-corrected chi connectivity index (χ3v) is 7.13. The number of anilines is 1. The third kappa shape index (κ3) is 5.02. The first-order valence-corrected chi connectivity index (χ1v) is 11.9. The quantitative estimate of drug-likeness (QED) is 0.390. The summed E-state index contributed by atoms with van der Waals surface area (Å²) >= 11 is 4.72. The number of hydrogen-bond donors (Lipinski definition) is 2. The van der Waals surface area contributed by atoms with Crippen LogP contribution in [0.2, 0.25) is 0 Å². The zero-order valence-corrected chi connectivity index (χ0v) is 18.6. The van der Waals surface area contributed by atoms with E-state index in [1.54, 1.807) is 53.0 Å². The number of carbonyl (C=O) groups is 2. The van der Waals surface area contributed by atoms with Crippen LogP contribution in [0.25, 0.3) is 10.6 Å². The molecule has 0 saturated heterocycles. The Hall–Kier alpha value is -2.81. The molecule has 5 nitrogen and oxygen atoms in total. The van der Waals surface area contributed by atoms with Crippen molar-refractivity contribution in [2.45, 2.75) is 13.3 Å². The fourth-order valence-corrected chi connectivity index (χ4v) is 5.14. The first-order valence-electron chi connectivity index (χ1n) is 9.33. The minimum atomic E-state index is -0.175. The van der Waals surface area contributed by atoms with Crippen molar-refractivity contribution in [1.29, 1.82) is 0 Å². The fourth-order valence-electron chi connectivity index (χ4n) is 2.87. The largest absolute Gasteiger partial charge is 0.352 e. The number of carbonyl (C=O) groups excluding carboxylic acids is 2. The van der Waals surface area contributed by atoms with Crippen molar-refractivity contribution in [1.82, 2.24) is 10.3 Å². The highest BCUT2D eigenvalue weighted by Gasteiger charge is 2.11. The topological polar surface area (TPSA) is 71.1 Å². The van der Waals surface area contributed by atoms with Gasteiger partial charge in [-0.05, 0) is 55.1 Å². The molecule has 0 saturated carbocycles. The molecule has 152 valence electrons. The Morgan fingerprint density at radius 1 is 1.03 bits per heavy atom. The SMILES string of the molecule is Cc1nc(-c2ccc(CCNC(=O)c3cccc(NC(=O)c4cccs4)c3)s2)cs1. The zero-order valence-electron chi connectivity index (χ0n) is 16.2. The van der Waals surface area contributed by atoms with Gasteiger partial charge in [0.25, 0.3) is 11.8 Å². The van der Waals surface area contributed by atoms with Crippen LogP contribution in [0.3, 0.4) is 0 Å². The Bertz CT molecular complexity index is 1160. The molecule has 0 radical (unpaired) electrons. The third-order valence-electron chi connectivity index (χ3n) is 4.32. The van der Waals surface area contributed by atoms with E-state index in [1.165, 1.54) is 16.2 Å². The van der Waals surface area contributed by atoms with Crippen molar-refractivity contribution in [3.63, 3.8) is 0 Å². The second-order valence-corrected chi connectivity index (χ2v) is 9.71. The molecule has 0 atom stereocenters. The number of aromatic nitrogens is 1. The molecule has 3 aromatic heterocycles. The summed E-state index contributed by atoms with van der Waals surface area (Å²) in [5.41, 5.74) is 2.13. The van der Waals surface area contributed by atoms with Crippen LogP contribution in [0, 0.1) is 6.92 Å². The van der Waals surface area contributed by atoms with Gasteiger partial charge in [-0.3, -0.25) is 9.59 Å². The summed E-state index contributed by atoms with van der Waals surface area (Å²) in [5, 5.41) is 10.8. The minimum Gasteiger partial charge on any atom is -0.352 e. The molecule has 1 aromatic carbocycles. The number of nitrogens with one attached hydrogen (secondary N) is 2. The van der Waals surface area contributed by atoms with Crippen LogP contribution >= 0.6 is 34.0 Å². The Morgan fingerprint density at radius 3 is 2.70 bits per heavy atom. The van der Waals surface area contributed by atoms with Gasteiger partial charge in [0.05, 0.1) is 20.5 Å². The fraction of sp³-hybridized carbons (Fsp3) is 0.136. The number of rotatable bonds is 7. The molecule has 0 bridgehead atoms. The maximum absolute atomic E-state index is 12.5. The molecule has 2 amide bonds. The van der Waals surface area contributed by atoms with Gasteiger partial charge >= 0.3 is 0 Å². The van der Waals surface area contributed by atoms with E-state index < -0.39 is 0 Å². The van der Waals surface area contributed by atoms with E-state index in [4.69, 9.17) is 0 Å². The van der Waals surface area contributed by atoms with Crippen LogP contribution in [0.5, 0.6) is 0 Å². The standard InChI is InChI=1S/C22H19N3O2S3/c1-14-24-18(13-29-14)19-8-7-17(30-19)9-10-23-21(26)15-4-2-5-16(12-15)25-22(27)20-6-3-11-28-20/h2-8,11-13H,9-10H2,1H3,(H,23,26)(H,25,27). The summed E-state index contributed by atoms with van der Waals surface area (Å²) in [4.78, 5) is 32.2. The van der Waals surface area contributed by atoms with Crippen molar-refractivity contribution >= 4 is 51.5 Å².